The number of hydrogen-bond acceptors (Lipinski definition) is 6. The molecule has 27 heavy (non-hydrogen) atoms. The molecule has 0 rings (SSSR count). The average molecular weight is 389 g/mol. The maximum Gasteiger partial charge on any atom is 0.308 e. The van der Waals surface area contributed by atoms with Crippen LogP contribution in [-0.2, 0) is 9.53 Å². The van der Waals surface area contributed by atoms with Crippen molar-refractivity contribution in [2.24, 2.45) is 0 Å². The van der Waals surface area contributed by atoms with Gasteiger partial charge in [-0.3, -0.25) is 4.79 Å². The second-order valence-corrected chi connectivity index (χ2v) is 7.15. The van der Waals surface area contributed by atoms with E-state index in [0.29, 0.717) is 6.42 Å². The summed E-state index contributed by atoms with van der Waals surface area (Å²) >= 11 is 0. The normalized spacial score (nSPS) is 15.0. The number of unbranched alkanes of at least 4 members (excludes halogenated alkanes) is 8. The maximum atomic E-state index is 11.4. The molecule has 4 N–H and O–H groups in total. The molecular formula is C21H40O6. The first-order valence-corrected chi connectivity index (χ1v) is 10.5. The van der Waals surface area contributed by atoms with Gasteiger partial charge >= 0.3 is 5.97 Å². The molecule has 0 spiro atoms. The Morgan fingerprint density at radius 3 is 2.30 bits per heavy atom. The topological polar surface area (TPSA) is 107 Å². The van der Waals surface area contributed by atoms with Gasteiger partial charge in [0, 0.05) is 6.42 Å². The number of allylic oxidation sites excluding steroid dienone is 1. The van der Waals surface area contributed by atoms with Gasteiger partial charge in [-0.15, -0.1) is 0 Å². The van der Waals surface area contributed by atoms with Crippen molar-refractivity contribution in [3.05, 3.63) is 12.2 Å². The fourth-order valence-electron chi connectivity index (χ4n) is 2.72. The molecule has 2 unspecified atom stereocenters. The van der Waals surface area contributed by atoms with Crippen LogP contribution in [0, 0.1) is 0 Å². The number of ether oxygens (including phenoxy) is 1. The van der Waals surface area contributed by atoms with Crippen LogP contribution in [0.1, 0.15) is 90.4 Å². The average Bonchev–Trinajstić information content (AvgIpc) is 2.65. The van der Waals surface area contributed by atoms with E-state index in [9.17, 15) is 15.0 Å². The number of esters is 1. The molecular weight excluding hydrogens is 348 g/mol. The van der Waals surface area contributed by atoms with Crippen molar-refractivity contribution in [2.75, 3.05) is 6.61 Å². The van der Waals surface area contributed by atoms with Crippen molar-refractivity contribution >= 4 is 5.97 Å². The number of aliphatic hydroxyl groups is 4. The second kappa shape index (κ2) is 18.4. The van der Waals surface area contributed by atoms with E-state index in [4.69, 9.17) is 10.2 Å². The lowest BCUT2D eigenvalue weighted by atomic mass is 10.1. The highest BCUT2D eigenvalue weighted by Crippen LogP contribution is 2.11. The first-order valence-electron chi connectivity index (χ1n) is 10.5. The Balaban J connectivity index is 3.45. The van der Waals surface area contributed by atoms with Crippen LogP contribution >= 0.6 is 0 Å². The third kappa shape index (κ3) is 16.9. The van der Waals surface area contributed by atoms with Crippen LogP contribution in [0.15, 0.2) is 12.2 Å². The zero-order chi connectivity index (χ0) is 20.3. The van der Waals surface area contributed by atoms with Gasteiger partial charge < -0.3 is 25.2 Å². The summed E-state index contributed by atoms with van der Waals surface area (Å²) in [6.07, 6.45) is 13.3. The Kier molecular flexibility index (Phi) is 17.8. The molecule has 0 aliphatic heterocycles. The molecule has 0 aromatic carbocycles. The lowest BCUT2D eigenvalue weighted by molar-refractivity contribution is -0.190. The predicted octanol–water partition coefficient (Wildman–Crippen LogP) is 3.21. The van der Waals surface area contributed by atoms with Gasteiger partial charge in [-0.05, 0) is 32.1 Å². The van der Waals surface area contributed by atoms with Crippen molar-refractivity contribution < 1.29 is 30.0 Å². The third-order valence-electron chi connectivity index (χ3n) is 4.49. The van der Waals surface area contributed by atoms with E-state index >= 15 is 0 Å². The van der Waals surface area contributed by atoms with E-state index in [1.165, 1.54) is 19.3 Å². The van der Waals surface area contributed by atoms with Gasteiger partial charge in [0.25, 0.3) is 0 Å². The second-order valence-electron chi connectivity index (χ2n) is 7.15. The predicted molar refractivity (Wildman–Crippen MR) is 106 cm³/mol. The van der Waals surface area contributed by atoms with Crippen molar-refractivity contribution in [1.82, 2.24) is 0 Å². The molecule has 0 bridgehead atoms. The minimum atomic E-state index is -1.66. The highest BCUT2D eigenvalue weighted by Gasteiger charge is 2.19. The van der Waals surface area contributed by atoms with E-state index in [1.54, 1.807) is 0 Å². The largest absolute Gasteiger partial charge is 0.433 e. The molecule has 0 fully saturated rings. The SMILES string of the molecule is CCCCCC[C@@H](O)C/C=C\CCCCCCCC(=O)OC(O)C(O)CO. The molecule has 0 aromatic heterocycles. The molecule has 3 atom stereocenters. The molecule has 0 saturated heterocycles. The van der Waals surface area contributed by atoms with Crippen LogP contribution in [0.4, 0.5) is 0 Å². The molecule has 0 radical (unpaired) electrons. The molecule has 0 amide bonds. The minimum Gasteiger partial charge on any atom is -0.433 e. The highest BCUT2D eigenvalue weighted by atomic mass is 16.6. The Bertz CT molecular complexity index is 372. The molecule has 0 heterocycles. The standard InChI is InChI=1S/C21H40O6/c1-2-3-4-11-14-18(23)15-12-9-7-5-6-8-10-13-16-20(25)27-21(26)19(24)17-22/h9,12,18-19,21-24,26H,2-8,10-11,13-17H2,1H3/b12-9-/t18-,19?,21?/m1/s1. The number of rotatable bonds is 18. The lowest BCUT2D eigenvalue weighted by Crippen LogP contribution is -2.33. The van der Waals surface area contributed by atoms with E-state index in [1.807, 2.05) is 0 Å². The summed E-state index contributed by atoms with van der Waals surface area (Å²) in [6.45, 7) is 1.53. The van der Waals surface area contributed by atoms with Crippen LogP contribution in [0.5, 0.6) is 0 Å². The van der Waals surface area contributed by atoms with E-state index in [2.05, 4.69) is 23.8 Å². The van der Waals surface area contributed by atoms with Crippen LogP contribution in [0.25, 0.3) is 0 Å². The lowest BCUT2D eigenvalue weighted by Gasteiger charge is -2.15. The monoisotopic (exact) mass is 388 g/mol. The van der Waals surface area contributed by atoms with Gasteiger partial charge in [-0.25, -0.2) is 0 Å². The number of carbonyl (C=O) groups excluding carboxylic acids is 1. The van der Waals surface area contributed by atoms with E-state index < -0.39 is 25.0 Å². The fourth-order valence-corrected chi connectivity index (χ4v) is 2.72. The summed E-state index contributed by atoms with van der Waals surface area (Å²) in [7, 11) is 0. The van der Waals surface area contributed by atoms with Crippen molar-refractivity contribution in [3.8, 4) is 0 Å². The van der Waals surface area contributed by atoms with Gasteiger partial charge in [-0.2, -0.15) is 0 Å². The van der Waals surface area contributed by atoms with Gasteiger partial charge in [0.2, 0.25) is 6.29 Å². The van der Waals surface area contributed by atoms with Crippen molar-refractivity contribution in [3.63, 3.8) is 0 Å². The highest BCUT2D eigenvalue weighted by molar-refractivity contribution is 5.69. The van der Waals surface area contributed by atoms with E-state index in [-0.39, 0.29) is 12.5 Å². The fraction of sp³-hybridized carbons (Fsp3) is 0.857. The zero-order valence-electron chi connectivity index (χ0n) is 16.9. The molecule has 6 nitrogen and oxygen atoms in total. The number of aliphatic hydroxyl groups excluding tert-OH is 4. The van der Waals surface area contributed by atoms with Crippen LogP contribution in [0.3, 0.4) is 0 Å². The van der Waals surface area contributed by atoms with Gasteiger partial charge in [0.05, 0.1) is 12.7 Å². The third-order valence-corrected chi connectivity index (χ3v) is 4.49. The van der Waals surface area contributed by atoms with Gasteiger partial charge in [0.1, 0.15) is 6.10 Å². The van der Waals surface area contributed by atoms with Gasteiger partial charge in [0.15, 0.2) is 0 Å². The zero-order valence-corrected chi connectivity index (χ0v) is 16.9. The summed E-state index contributed by atoms with van der Waals surface area (Å²) in [6, 6.07) is 0. The minimum absolute atomic E-state index is 0.200. The van der Waals surface area contributed by atoms with Gasteiger partial charge in [-0.1, -0.05) is 64.0 Å². The smallest absolute Gasteiger partial charge is 0.308 e. The molecule has 0 aliphatic carbocycles. The van der Waals surface area contributed by atoms with E-state index in [0.717, 1.165) is 51.4 Å². The summed E-state index contributed by atoms with van der Waals surface area (Å²) in [5.74, 6) is -0.564. The van der Waals surface area contributed by atoms with Crippen LogP contribution in [-0.4, -0.2) is 51.5 Å². The Labute approximate surface area is 164 Å². The summed E-state index contributed by atoms with van der Waals surface area (Å²) in [5, 5.41) is 36.8. The molecule has 0 aliphatic rings. The number of carbonyl (C=O) groups is 1. The Morgan fingerprint density at radius 2 is 1.59 bits per heavy atom. The molecule has 6 heteroatoms. The first kappa shape index (κ1) is 26.1. The molecule has 160 valence electrons. The van der Waals surface area contributed by atoms with Crippen LogP contribution < -0.4 is 0 Å². The molecule has 0 saturated carbocycles. The van der Waals surface area contributed by atoms with Crippen LogP contribution in [0.2, 0.25) is 0 Å². The summed E-state index contributed by atoms with van der Waals surface area (Å²) in [5.41, 5.74) is 0. The maximum absolute atomic E-state index is 11.4. The first-order chi connectivity index (χ1) is 13.0. The van der Waals surface area contributed by atoms with Crippen molar-refractivity contribution in [2.45, 2.75) is 109 Å². The number of hydrogen-bond donors (Lipinski definition) is 4. The Hall–Kier alpha value is -0.950. The quantitative estimate of drug-likeness (QED) is 0.124. The Morgan fingerprint density at radius 1 is 0.926 bits per heavy atom. The molecule has 0 aromatic rings. The van der Waals surface area contributed by atoms with Crippen molar-refractivity contribution in [1.29, 1.82) is 0 Å². The summed E-state index contributed by atoms with van der Waals surface area (Å²) in [4.78, 5) is 11.4. The summed E-state index contributed by atoms with van der Waals surface area (Å²) < 4.78 is 4.61.